The van der Waals surface area contributed by atoms with Crippen LogP contribution < -0.4 is 10.2 Å². The fraction of sp³-hybridized carbons (Fsp3) is 0.722. The van der Waals surface area contributed by atoms with Gasteiger partial charge in [0.2, 0.25) is 0 Å². The van der Waals surface area contributed by atoms with Gasteiger partial charge in [-0.2, -0.15) is 0 Å². The van der Waals surface area contributed by atoms with Crippen LogP contribution >= 0.6 is 0 Å². The summed E-state index contributed by atoms with van der Waals surface area (Å²) in [5.41, 5.74) is 2.63. The summed E-state index contributed by atoms with van der Waals surface area (Å²) in [5.74, 6) is 2.80. The highest BCUT2D eigenvalue weighted by Crippen LogP contribution is 2.27. The molecule has 1 aliphatic carbocycles. The van der Waals surface area contributed by atoms with E-state index in [1.54, 1.807) is 0 Å². The number of hydrogen-bond donors (Lipinski definition) is 1. The first-order valence-corrected chi connectivity index (χ1v) is 8.64. The molecule has 1 aromatic heterocycles. The summed E-state index contributed by atoms with van der Waals surface area (Å²) < 4.78 is 0. The van der Waals surface area contributed by atoms with Crippen LogP contribution in [-0.4, -0.2) is 24.1 Å². The Balaban J connectivity index is 1.74. The SMILES string of the molecule is CCc1cc(CNC2CC2)cc(N2CCC(C)C(C)C2)n1. The molecule has 3 nitrogen and oxygen atoms in total. The van der Waals surface area contributed by atoms with Gasteiger partial charge < -0.3 is 10.2 Å². The highest BCUT2D eigenvalue weighted by molar-refractivity contribution is 5.43. The van der Waals surface area contributed by atoms with E-state index in [9.17, 15) is 0 Å². The molecular weight excluding hydrogens is 258 g/mol. The van der Waals surface area contributed by atoms with Crippen molar-refractivity contribution in [2.24, 2.45) is 11.8 Å². The molecule has 116 valence electrons. The Morgan fingerprint density at radius 1 is 1.19 bits per heavy atom. The van der Waals surface area contributed by atoms with Crippen molar-refractivity contribution in [3.8, 4) is 0 Å². The lowest BCUT2D eigenvalue weighted by molar-refractivity contribution is 0.322. The van der Waals surface area contributed by atoms with Gasteiger partial charge in [0.1, 0.15) is 5.82 Å². The Hall–Kier alpha value is -1.09. The predicted octanol–water partition coefficient (Wildman–Crippen LogP) is 3.38. The maximum atomic E-state index is 4.88. The molecule has 1 saturated heterocycles. The van der Waals surface area contributed by atoms with Crippen LogP contribution in [0.3, 0.4) is 0 Å². The number of nitrogens with zero attached hydrogens (tertiary/aromatic N) is 2. The summed E-state index contributed by atoms with van der Waals surface area (Å²) in [7, 11) is 0. The van der Waals surface area contributed by atoms with Crippen LogP contribution in [0.2, 0.25) is 0 Å². The van der Waals surface area contributed by atoms with Crippen LogP contribution in [0.4, 0.5) is 5.82 Å². The van der Waals surface area contributed by atoms with Crippen molar-refractivity contribution in [2.75, 3.05) is 18.0 Å². The van der Waals surface area contributed by atoms with Crippen LogP contribution in [0.1, 0.15) is 51.3 Å². The second-order valence-corrected chi connectivity index (χ2v) is 7.02. The smallest absolute Gasteiger partial charge is 0.129 e. The molecule has 1 aromatic rings. The molecule has 0 bridgehead atoms. The Morgan fingerprint density at radius 2 is 2.00 bits per heavy atom. The number of pyridine rings is 1. The van der Waals surface area contributed by atoms with E-state index in [0.29, 0.717) is 0 Å². The van der Waals surface area contributed by atoms with Gasteiger partial charge in [-0.05, 0) is 55.2 Å². The van der Waals surface area contributed by atoms with Gasteiger partial charge in [-0.25, -0.2) is 4.98 Å². The molecule has 3 rings (SSSR count). The van der Waals surface area contributed by atoms with Crippen LogP contribution in [0, 0.1) is 11.8 Å². The number of hydrogen-bond acceptors (Lipinski definition) is 3. The molecule has 2 atom stereocenters. The average Bonchev–Trinajstić information content (AvgIpc) is 3.32. The van der Waals surface area contributed by atoms with Crippen molar-refractivity contribution in [1.29, 1.82) is 0 Å². The molecule has 21 heavy (non-hydrogen) atoms. The minimum atomic E-state index is 0.763. The summed E-state index contributed by atoms with van der Waals surface area (Å²) in [6.45, 7) is 10.2. The van der Waals surface area contributed by atoms with Crippen molar-refractivity contribution in [3.63, 3.8) is 0 Å². The summed E-state index contributed by atoms with van der Waals surface area (Å²) in [6, 6.07) is 5.34. The lowest BCUT2D eigenvalue weighted by Crippen LogP contribution is -2.39. The Bertz CT molecular complexity index is 481. The van der Waals surface area contributed by atoms with Gasteiger partial charge in [-0.3, -0.25) is 0 Å². The monoisotopic (exact) mass is 287 g/mol. The first kappa shape index (κ1) is 14.8. The normalized spacial score (nSPS) is 26.1. The van der Waals surface area contributed by atoms with Crippen LogP contribution in [0.5, 0.6) is 0 Å². The van der Waals surface area contributed by atoms with Gasteiger partial charge in [0.15, 0.2) is 0 Å². The Labute approximate surface area is 129 Å². The predicted molar refractivity (Wildman–Crippen MR) is 88.6 cm³/mol. The quantitative estimate of drug-likeness (QED) is 0.900. The first-order chi connectivity index (χ1) is 10.2. The minimum Gasteiger partial charge on any atom is -0.356 e. The van der Waals surface area contributed by atoms with E-state index < -0.39 is 0 Å². The van der Waals surface area contributed by atoms with E-state index in [1.165, 1.54) is 36.3 Å². The molecule has 0 amide bonds. The molecule has 0 radical (unpaired) electrons. The van der Waals surface area contributed by atoms with E-state index in [4.69, 9.17) is 4.98 Å². The molecule has 0 aromatic carbocycles. The molecule has 2 unspecified atom stereocenters. The third kappa shape index (κ3) is 3.76. The Kier molecular flexibility index (Phi) is 4.48. The first-order valence-electron chi connectivity index (χ1n) is 8.64. The van der Waals surface area contributed by atoms with Crippen molar-refractivity contribution in [3.05, 3.63) is 23.4 Å². The standard InChI is InChI=1S/C18H29N3/c1-4-16-9-15(11-19-17-5-6-17)10-18(20-16)21-8-7-13(2)14(3)12-21/h9-10,13-14,17,19H,4-8,11-12H2,1-3H3. The number of aromatic nitrogens is 1. The second-order valence-electron chi connectivity index (χ2n) is 7.02. The van der Waals surface area contributed by atoms with Gasteiger partial charge in [-0.1, -0.05) is 20.8 Å². The van der Waals surface area contributed by atoms with Gasteiger partial charge >= 0.3 is 0 Å². The zero-order chi connectivity index (χ0) is 14.8. The lowest BCUT2D eigenvalue weighted by atomic mass is 9.88. The third-order valence-corrected chi connectivity index (χ3v) is 5.12. The molecule has 1 aliphatic heterocycles. The molecular formula is C18H29N3. The van der Waals surface area contributed by atoms with Crippen LogP contribution in [0.15, 0.2) is 12.1 Å². The highest BCUT2D eigenvalue weighted by Gasteiger charge is 2.24. The molecule has 1 saturated carbocycles. The topological polar surface area (TPSA) is 28.2 Å². The number of aryl methyl sites for hydroxylation is 1. The van der Waals surface area contributed by atoms with E-state index >= 15 is 0 Å². The van der Waals surface area contributed by atoms with Crippen LogP contribution in [-0.2, 0) is 13.0 Å². The summed E-state index contributed by atoms with van der Waals surface area (Å²) in [6.07, 6.45) is 5.00. The molecule has 2 fully saturated rings. The number of nitrogens with one attached hydrogen (secondary N) is 1. The second kappa shape index (κ2) is 6.35. The summed E-state index contributed by atoms with van der Waals surface area (Å²) in [4.78, 5) is 7.37. The lowest BCUT2D eigenvalue weighted by Gasteiger charge is -2.36. The van der Waals surface area contributed by atoms with Crippen LogP contribution in [0.25, 0.3) is 0 Å². The summed E-state index contributed by atoms with van der Waals surface area (Å²) in [5, 5.41) is 3.62. The van der Waals surface area contributed by atoms with Crippen molar-refractivity contribution >= 4 is 5.82 Å². The number of rotatable bonds is 5. The fourth-order valence-electron chi connectivity index (χ4n) is 3.10. The zero-order valence-corrected chi connectivity index (χ0v) is 13.7. The van der Waals surface area contributed by atoms with Crippen molar-refractivity contribution in [1.82, 2.24) is 10.3 Å². The molecule has 0 spiro atoms. The zero-order valence-electron chi connectivity index (χ0n) is 13.7. The van der Waals surface area contributed by atoms with Gasteiger partial charge in [0.25, 0.3) is 0 Å². The Morgan fingerprint density at radius 3 is 2.67 bits per heavy atom. The molecule has 1 N–H and O–H groups in total. The third-order valence-electron chi connectivity index (χ3n) is 5.12. The molecule has 2 heterocycles. The van der Waals surface area contributed by atoms with Gasteiger partial charge in [0, 0.05) is 31.4 Å². The number of anilines is 1. The van der Waals surface area contributed by atoms with E-state index in [1.807, 2.05) is 0 Å². The summed E-state index contributed by atoms with van der Waals surface area (Å²) >= 11 is 0. The largest absolute Gasteiger partial charge is 0.356 e. The van der Waals surface area contributed by atoms with Gasteiger partial charge in [-0.15, -0.1) is 0 Å². The maximum absolute atomic E-state index is 4.88. The average molecular weight is 287 g/mol. The molecule has 3 heteroatoms. The fourth-order valence-corrected chi connectivity index (χ4v) is 3.10. The van der Waals surface area contributed by atoms with Crippen molar-refractivity contribution < 1.29 is 0 Å². The molecule has 2 aliphatic rings. The number of piperidine rings is 1. The van der Waals surface area contributed by atoms with E-state index in [-0.39, 0.29) is 0 Å². The van der Waals surface area contributed by atoms with Crippen molar-refractivity contribution in [2.45, 2.75) is 59.0 Å². The van der Waals surface area contributed by atoms with E-state index in [0.717, 1.165) is 43.9 Å². The van der Waals surface area contributed by atoms with Gasteiger partial charge in [0.05, 0.1) is 0 Å². The highest BCUT2D eigenvalue weighted by atomic mass is 15.2. The minimum absolute atomic E-state index is 0.763. The maximum Gasteiger partial charge on any atom is 0.129 e. The van der Waals surface area contributed by atoms with E-state index in [2.05, 4.69) is 43.1 Å².